The summed E-state index contributed by atoms with van der Waals surface area (Å²) in [5.41, 5.74) is 10.3. The lowest BCUT2D eigenvalue weighted by Crippen LogP contribution is -2.42. The standard InChI is InChI=1S/C10H16N4O2/c1-13-9(15)7(11)8(12)14(10(13)16)5-6-3-2-4-6/h6H,2-5,11-12H2,1H3. The maximum absolute atomic E-state index is 11.8. The first-order valence-corrected chi connectivity index (χ1v) is 5.37. The van der Waals surface area contributed by atoms with E-state index in [0.29, 0.717) is 12.5 Å². The van der Waals surface area contributed by atoms with Crippen LogP contribution in [-0.2, 0) is 13.6 Å². The largest absolute Gasteiger partial charge is 0.391 e. The minimum atomic E-state index is -0.521. The first-order valence-electron chi connectivity index (χ1n) is 5.37. The number of nitrogens with zero attached hydrogens (tertiary/aromatic N) is 2. The van der Waals surface area contributed by atoms with Crippen molar-refractivity contribution in [1.29, 1.82) is 0 Å². The van der Waals surface area contributed by atoms with Crippen LogP contribution in [0.25, 0.3) is 0 Å². The third-order valence-electron chi connectivity index (χ3n) is 3.29. The molecule has 1 aromatic rings. The van der Waals surface area contributed by atoms with Crippen LogP contribution in [0.2, 0.25) is 0 Å². The topological polar surface area (TPSA) is 96.0 Å². The highest BCUT2D eigenvalue weighted by molar-refractivity contribution is 5.56. The highest BCUT2D eigenvalue weighted by Crippen LogP contribution is 2.28. The Hall–Kier alpha value is -1.72. The fraction of sp³-hybridized carbons (Fsp3) is 0.600. The Kier molecular flexibility index (Phi) is 2.49. The third kappa shape index (κ3) is 1.50. The van der Waals surface area contributed by atoms with Gasteiger partial charge in [-0.05, 0) is 18.8 Å². The van der Waals surface area contributed by atoms with Crippen molar-refractivity contribution in [2.75, 3.05) is 11.5 Å². The first kappa shape index (κ1) is 10.8. The molecule has 6 nitrogen and oxygen atoms in total. The summed E-state index contributed by atoms with van der Waals surface area (Å²) in [7, 11) is 1.41. The fourth-order valence-electron chi connectivity index (χ4n) is 1.92. The zero-order valence-electron chi connectivity index (χ0n) is 9.27. The predicted molar refractivity (Wildman–Crippen MR) is 62.1 cm³/mol. The van der Waals surface area contributed by atoms with Crippen molar-refractivity contribution in [3.8, 4) is 0 Å². The maximum atomic E-state index is 11.8. The second-order valence-electron chi connectivity index (χ2n) is 4.35. The van der Waals surface area contributed by atoms with Gasteiger partial charge in [0.25, 0.3) is 5.56 Å². The summed E-state index contributed by atoms with van der Waals surface area (Å²) < 4.78 is 2.41. The molecule has 0 unspecified atom stereocenters. The molecule has 1 saturated carbocycles. The van der Waals surface area contributed by atoms with Crippen molar-refractivity contribution >= 4 is 11.5 Å². The monoisotopic (exact) mass is 224 g/mol. The van der Waals surface area contributed by atoms with Crippen LogP contribution in [0, 0.1) is 5.92 Å². The number of anilines is 2. The van der Waals surface area contributed by atoms with Crippen molar-refractivity contribution in [3.05, 3.63) is 20.8 Å². The van der Waals surface area contributed by atoms with E-state index in [9.17, 15) is 9.59 Å². The Morgan fingerprint density at radius 3 is 2.44 bits per heavy atom. The molecule has 0 spiro atoms. The van der Waals surface area contributed by atoms with Crippen LogP contribution in [-0.4, -0.2) is 9.13 Å². The van der Waals surface area contributed by atoms with E-state index in [1.165, 1.54) is 18.0 Å². The van der Waals surface area contributed by atoms with Crippen LogP contribution in [0.15, 0.2) is 9.59 Å². The van der Waals surface area contributed by atoms with Gasteiger partial charge in [0.2, 0.25) is 0 Å². The molecule has 88 valence electrons. The molecule has 0 amide bonds. The molecule has 0 radical (unpaired) electrons. The molecule has 4 N–H and O–H groups in total. The first-order chi connectivity index (χ1) is 7.52. The van der Waals surface area contributed by atoms with E-state index in [0.717, 1.165) is 17.4 Å². The molecule has 16 heavy (non-hydrogen) atoms. The molecule has 0 saturated heterocycles. The van der Waals surface area contributed by atoms with Crippen LogP contribution in [0.5, 0.6) is 0 Å². The Morgan fingerprint density at radius 2 is 1.94 bits per heavy atom. The van der Waals surface area contributed by atoms with Crippen molar-refractivity contribution in [2.24, 2.45) is 13.0 Å². The Balaban J connectivity index is 2.51. The Morgan fingerprint density at radius 1 is 1.31 bits per heavy atom. The lowest BCUT2D eigenvalue weighted by atomic mass is 9.85. The molecule has 0 aromatic carbocycles. The van der Waals surface area contributed by atoms with Gasteiger partial charge in [0, 0.05) is 13.6 Å². The van der Waals surface area contributed by atoms with Crippen molar-refractivity contribution < 1.29 is 0 Å². The number of hydrogen-bond donors (Lipinski definition) is 2. The minimum absolute atomic E-state index is 0.0403. The normalized spacial score (nSPS) is 16.1. The smallest absolute Gasteiger partial charge is 0.332 e. The van der Waals surface area contributed by atoms with Gasteiger partial charge in [-0.15, -0.1) is 0 Å². The fourth-order valence-corrected chi connectivity index (χ4v) is 1.92. The zero-order chi connectivity index (χ0) is 11.9. The van der Waals surface area contributed by atoms with Gasteiger partial charge in [-0.2, -0.15) is 0 Å². The Labute approximate surface area is 92.5 Å². The molecule has 1 heterocycles. The highest BCUT2D eigenvalue weighted by atomic mass is 16.2. The molecule has 0 bridgehead atoms. The lowest BCUT2D eigenvalue weighted by Gasteiger charge is -2.26. The van der Waals surface area contributed by atoms with E-state index in [2.05, 4.69) is 0 Å². The summed E-state index contributed by atoms with van der Waals surface area (Å²) in [6, 6.07) is 0. The number of hydrogen-bond acceptors (Lipinski definition) is 4. The lowest BCUT2D eigenvalue weighted by molar-refractivity contribution is 0.272. The molecule has 1 aromatic heterocycles. The Bertz CT molecular complexity index is 525. The quantitative estimate of drug-likeness (QED) is 0.708. The molecule has 2 rings (SSSR count). The van der Waals surface area contributed by atoms with Gasteiger partial charge in [-0.1, -0.05) is 6.42 Å². The number of nitrogen functional groups attached to an aromatic ring is 2. The van der Waals surface area contributed by atoms with Crippen LogP contribution >= 0.6 is 0 Å². The van der Waals surface area contributed by atoms with E-state index in [1.54, 1.807) is 0 Å². The molecule has 1 fully saturated rings. The van der Waals surface area contributed by atoms with Gasteiger partial charge in [0.1, 0.15) is 11.5 Å². The average Bonchev–Trinajstić information content (AvgIpc) is 2.21. The predicted octanol–water partition coefficient (Wildman–Crippen LogP) is -0.489. The van der Waals surface area contributed by atoms with Crippen LogP contribution in [0.3, 0.4) is 0 Å². The van der Waals surface area contributed by atoms with E-state index < -0.39 is 5.56 Å². The van der Waals surface area contributed by atoms with E-state index >= 15 is 0 Å². The minimum Gasteiger partial charge on any atom is -0.391 e. The third-order valence-corrected chi connectivity index (χ3v) is 3.29. The molecule has 0 aliphatic heterocycles. The average molecular weight is 224 g/mol. The van der Waals surface area contributed by atoms with Crippen molar-refractivity contribution in [1.82, 2.24) is 9.13 Å². The molecular formula is C10H16N4O2. The van der Waals surface area contributed by atoms with Crippen molar-refractivity contribution in [3.63, 3.8) is 0 Å². The maximum Gasteiger partial charge on any atom is 0.332 e. The van der Waals surface area contributed by atoms with Crippen LogP contribution < -0.4 is 22.7 Å². The highest BCUT2D eigenvalue weighted by Gasteiger charge is 2.21. The zero-order valence-corrected chi connectivity index (χ0v) is 9.27. The van der Waals surface area contributed by atoms with E-state index in [-0.39, 0.29) is 17.2 Å². The summed E-state index contributed by atoms with van der Waals surface area (Å²) >= 11 is 0. The summed E-state index contributed by atoms with van der Waals surface area (Å²) in [5, 5.41) is 0. The van der Waals surface area contributed by atoms with Crippen LogP contribution in [0.4, 0.5) is 11.5 Å². The van der Waals surface area contributed by atoms with Crippen LogP contribution in [0.1, 0.15) is 19.3 Å². The van der Waals surface area contributed by atoms with Gasteiger partial charge in [0.05, 0.1) is 0 Å². The van der Waals surface area contributed by atoms with E-state index in [4.69, 9.17) is 11.5 Å². The SMILES string of the molecule is Cn1c(=O)c(N)c(N)n(CC2CCC2)c1=O. The molecule has 0 atom stereocenters. The van der Waals surface area contributed by atoms with E-state index in [1.807, 2.05) is 0 Å². The number of nitrogens with two attached hydrogens (primary N) is 2. The molecular weight excluding hydrogens is 208 g/mol. The van der Waals surface area contributed by atoms with Gasteiger partial charge in [0.15, 0.2) is 0 Å². The van der Waals surface area contributed by atoms with Gasteiger partial charge < -0.3 is 11.5 Å². The molecule has 1 aliphatic rings. The summed E-state index contributed by atoms with van der Waals surface area (Å²) in [6.45, 7) is 0.559. The summed E-state index contributed by atoms with van der Waals surface area (Å²) in [5.74, 6) is 0.580. The second-order valence-corrected chi connectivity index (χ2v) is 4.35. The molecule has 6 heteroatoms. The number of aromatic nitrogens is 2. The molecule has 1 aliphatic carbocycles. The second kappa shape index (κ2) is 3.70. The van der Waals surface area contributed by atoms with Gasteiger partial charge in [-0.25, -0.2) is 4.79 Å². The summed E-state index contributed by atoms with van der Waals surface area (Å²) in [6.07, 6.45) is 3.41. The number of rotatable bonds is 2. The van der Waals surface area contributed by atoms with Gasteiger partial charge in [-0.3, -0.25) is 13.9 Å². The van der Waals surface area contributed by atoms with Crippen molar-refractivity contribution in [2.45, 2.75) is 25.8 Å². The summed E-state index contributed by atoms with van der Waals surface area (Å²) in [4.78, 5) is 23.3. The van der Waals surface area contributed by atoms with Gasteiger partial charge >= 0.3 is 5.69 Å².